The van der Waals surface area contributed by atoms with Crippen molar-refractivity contribution in [1.29, 1.82) is 0 Å². The molecule has 0 spiro atoms. The number of benzene rings is 1. The first-order valence-electron chi connectivity index (χ1n) is 7.65. The lowest BCUT2D eigenvalue weighted by Gasteiger charge is -2.07. The molecule has 2 heterocycles. The minimum absolute atomic E-state index is 0.261. The zero-order valence-corrected chi connectivity index (χ0v) is 14.1. The van der Waals surface area contributed by atoms with E-state index in [1.165, 1.54) is 0 Å². The average Bonchev–Trinajstić information content (AvgIpc) is 3.14. The lowest BCUT2D eigenvalue weighted by atomic mass is 10.1. The number of aromatic nitrogens is 1. The monoisotopic (exact) mass is 339 g/mol. The first kappa shape index (κ1) is 16.2. The molecule has 3 aromatic rings. The van der Waals surface area contributed by atoms with Crippen molar-refractivity contribution in [3.05, 3.63) is 70.5 Å². The van der Waals surface area contributed by atoms with Gasteiger partial charge in [-0.05, 0) is 60.1 Å². The zero-order valence-electron chi connectivity index (χ0n) is 13.3. The van der Waals surface area contributed by atoms with Gasteiger partial charge in [0.05, 0.1) is 12.3 Å². The SMILES string of the molecule is CCOc1ccc(-c2cccc(C(=O)OCc3ccsc3)n2)cc1. The number of ether oxygens (including phenoxy) is 2. The highest BCUT2D eigenvalue weighted by atomic mass is 32.1. The number of thiophene rings is 1. The molecule has 0 bridgehead atoms. The predicted octanol–water partition coefficient (Wildman–Crippen LogP) is 4.57. The van der Waals surface area contributed by atoms with Crippen molar-refractivity contribution >= 4 is 17.3 Å². The molecule has 5 heteroatoms. The van der Waals surface area contributed by atoms with E-state index in [4.69, 9.17) is 9.47 Å². The summed E-state index contributed by atoms with van der Waals surface area (Å²) in [6, 6.07) is 14.9. The number of esters is 1. The molecule has 0 N–H and O–H groups in total. The molecule has 0 unspecified atom stereocenters. The van der Waals surface area contributed by atoms with Crippen LogP contribution in [0.3, 0.4) is 0 Å². The maximum atomic E-state index is 12.2. The zero-order chi connectivity index (χ0) is 16.8. The Morgan fingerprint density at radius 3 is 2.67 bits per heavy atom. The fraction of sp³-hybridized carbons (Fsp3) is 0.158. The van der Waals surface area contributed by atoms with Crippen LogP contribution in [0.4, 0.5) is 0 Å². The Morgan fingerprint density at radius 2 is 1.96 bits per heavy atom. The van der Waals surface area contributed by atoms with Crippen molar-refractivity contribution in [3.8, 4) is 17.0 Å². The second-order valence-electron chi connectivity index (χ2n) is 5.07. The third kappa shape index (κ3) is 4.00. The van der Waals surface area contributed by atoms with Gasteiger partial charge in [-0.1, -0.05) is 6.07 Å². The molecular formula is C19H17NO3S. The summed E-state index contributed by atoms with van der Waals surface area (Å²) >= 11 is 1.57. The molecule has 0 aliphatic carbocycles. The van der Waals surface area contributed by atoms with Gasteiger partial charge in [-0.3, -0.25) is 0 Å². The van der Waals surface area contributed by atoms with Gasteiger partial charge in [0.25, 0.3) is 0 Å². The van der Waals surface area contributed by atoms with Crippen molar-refractivity contribution < 1.29 is 14.3 Å². The van der Waals surface area contributed by atoms with Gasteiger partial charge in [-0.2, -0.15) is 11.3 Å². The lowest BCUT2D eigenvalue weighted by Crippen LogP contribution is -2.07. The third-order valence-electron chi connectivity index (χ3n) is 3.37. The van der Waals surface area contributed by atoms with E-state index in [0.717, 1.165) is 22.6 Å². The molecule has 3 rings (SSSR count). The van der Waals surface area contributed by atoms with E-state index in [-0.39, 0.29) is 6.61 Å². The molecule has 1 aromatic carbocycles. The van der Waals surface area contributed by atoms with Crippen LogP contribution >= 0.6 is 11.3 Å². The molecule has 24 heavy (non-hydrogen) atoms. The molecule has 0 atom stereocenters. The summed E-state index contributed by atoms with van der Waals surface area (Å²) in [5, 5.41) is 3.91. The number of pyridine rings is 1. The highest BCUT2D eigenvalue weighted by Crippen LogP contribution is 2.21. The summed E-state index contributed by atoms with van der Waals surface area (Å²) in [5.41, 5.74) is 2.93. The molecule has 0 saturated heterocycles. The van der Waals surface area contributed by atoms with Crippen LogP contribution in [0.25, 0.3) is 11.3 Å². The van der Waals surface area contributed by atoms with Crippen molar-refractivity contribution in [2.45, 2.75) is 13.5 Å². The molecule has 0 amide bonds. The van der Waals surface area contributed by atoms with E-state index in [2.05, 4.69) is 4.98 Å². The lowest BCUT2D eigenvalue weighted by molar-refractivity contribution is 0.0466. The summed E-state index contributed by atoms with van der Waals surface area (Å²) in [6.07, 6.45) is 0. The number of nitrogens with zero attached hydrogens (tertiary/aromatic N) is 1. The maximum absolute atomic E-state index is 12.2. The highest BCUT2D eigenvalue weighted by Gasteiger charge is 2.11. The largest absolute Gasteiger partial charge is 0.494 e. The fourth-order valence-electron chi connectivity index (χ4n) is 2.20. The second-order valence-corrected chi connectivity index (χ2v) is 5.85. The Bertz CT molecular complexity index is 798. The molecule has 0 radical (unpaired) electrons. The maximum Gasteiger partial charge on any atom is 0.357 e. The Balaban J connectivity index is 1.72. The normalized spacial score (nSPS) is 10.4. The topological polar surface area (TPSA) is 48.4 Å². The molecule has 0 fully saturated rings. The Kier molecular flexibility index (Phi) is 5.23. The molecule has 4 nitrogen and oxygen atoms in total. The minimum atomic E-state index is -0.422. The van der Waals surface area contributed by atoms with Gasteiger partial charge in [-0.15, -0.1) is 0 Å². The predicted molar refractivity (Wildman–Crippen MR) is 94.3 cm³/mol. The van der Waals surface area contributed by atoms with Crippen molar-refractivity contribution in [3.63, 3.8) is 0 Å². The summed E-state index contributed by atoms with van der Waals surface area (Å²) in [7, 11) is 0. The first-order chi connectivity index (χ1) is 11.8. The summed E-state index contributed by atoms with van der Waals surface area (Å²) < 4.78 is 10.7. The van der Waals surface area contributed by atoms with Gasteiger partial charge >= 0.3 is 5.97 Å². The quantitative estimate of drug-likeness (QED) is 0.618. The third-order valence-corrected chi connectivity index (χ3v) is 4.10. The van der Waals surface area contributed by atoms with E-state index < -0.39 is 5.97 Å². The van der Waals surface area contributed by atoms with Crippen LogP contribution in [0.5, 0.6) is 5.75 Å². The molecule has 2 aromatic heterocycles. The van der Waals surface area contributed by atoms with Gasteiger partial charge in [0.2, 0.25) is 0 Å². The van der Waals surface area contributed by atoms with Gasteiger partial charge in [0.15, 0.2) is 0 Å². The molecule has 0 aliphatic rings. The van der Waals surface area contributed by atoms with Gasteiger partial charge in [0, 0.05) is 11.1 Å². The van der Waals surface area contributed by atoms with E-state index in [1.54, 1.807) is 23.5 Å². The molecular weight excluding hydrogens is 322 g/mol. The standard InChI is InChI=1S/C19H17NO3S/c1-2-22-16-8-6-15(7-9-16)17-4-3-5-18(20-17)19(21)23-12-14-10-11-24-13-14/h3-11,13H,2,12H2,1H3. The number of rotatable bonds is 6. The number of hydrogen-bond donors (Lipinski definition) is 0. The summed E-state index contributed by atoms with van der Waals surface area (Å²) in [4.78, 5) is 16.6. The van der Waals surface area contributed by atoms with Crippen LogP contribution in [0.2, 0.25) is 0 Å². The van der Waals surface area contributed by atoms with Crippen LogP contribution < -0.4 is 4.74 Å². The van der Waals surface area contributed by atoms with E-state index in [9.17, 15) is 4.79 Å². The van der Waals surface area contributed by atoms with Crippen LogP contribution in [0, 0.1) is 0 Å². The summed E-state index contributed by atoms with van der Waals surface area (Å²) in [5.74, 6) is 0.390. The second kappa shape index (κ2) is 7.75. The van der Waals surface area contributed by atoms with Gasteiger partial charge in [-0.25, -0.2) is 9.78 Å². The smallest absolute Gasteiger partial charge is 0.357 e. The van der Waals surface area contributed by atoms with Gasteiger partial charge in [0.1, 0.15) is 18.1 Å². The minimum Gasteiger partial charge on any atom is -0.494 e. The number of hydrogen-bond acceptors (Lipinski definition) is 5. The molecule has 122 valence electrons. The van der Waals surface area contributed by atoms with Crippen LogP contribution in [0.1, 0.15) is 23.0 Å². The highest BCUT2D eigenvalue weighted by molar-refractivity contribution is 7.07. The Hall–Kier alpha value is -2.66. The van der Waals surface area contributed by atoms with E-state index in [0.29, 0.717) is 12.3 Å². The summed E-state index contributed by atoms with van der Waals surface area (Å²) in [6.45, 7) is 2.83. The average molecular weight is 339 g/mol. The van der Waals surface area contributed by atoms with Crippen LogP contribution in [-0.4, -0.2) is 17.6 Å². The van der Waals surface area contributed by atoms with Crippen molar-refractivity contribution in [1.82, 2.24) is 4.98 Å². The molecule has 0 aliphatic heterocycles. The molecule has 0 saturated carbocycles. The first-order valence-corrected chi connectivity index (χ1v) is 8.59. The van der Waals surface area contributed by atoms with E-state index in [1.807, 2.05) is 54.1 Å². The van der Waals surface area contributed by atoms with Gasteiger partial charge < -0.3 is 9.47 Å². The number of carbonyl (C=O) groups excluding carboxylic acids is 1. The van der Waals surface area contributed by atoms with Crippen molar-refractivity contribution in [2.24, 2.45) is 0 Å². The van der Waals surface area contributed by atoms with Crippen molar-refractivity contribution in [2.75, 3.05) is 6.61 Å². The number of carbonyl (C=O) groups is 1. The van der Waals surface area contributed by atoms with E-state index >= 15 is 0 Å². The Labute approximate surface area is 144 Å². The van der Waals surface area contributed by atoms with Crippen LogP contribution in [0.15, 0.2) is 59.3 Å². The Morgan fingerprint density at radius 1 is 1.12 bits per heavy atom. The fourth-order valence-corrected chi connectivity index (χ4v) is 2.85. The van der Waals surface area contributed by atoms with Crippen LogP contribution in [-0.2, 0) is 11.3 Å².